The topological polar surface area (TPSA) is 233 Å². The number of ketones is 1. The van der Waals surface area contributed by atoms with Crippen molar-refractivity contribution in [2.45, 2.75) is 33.2 Å². The van der Waals surface area contributed by atoms with Gasteiger partial charge in [-0.15, -0.1) is 0 Å². The second-order valence-corrected chi connectivity index (χ2v) is 6.66. The lowest BCUT2D eigenvalue weighted by Gasteiger charge is -2.13. The molecular formula is C21H32N8O6. The van der Waals surface area contributed by atoms with Crippen LogP contribution in [0.2, 0.25) is 0 Å². The lowest BCUT2D eigenvalue weighted by molar-refractivity contribution is -0.128. The summed E-state index contributed by atoms with van der Waals surface area (Å²) in [5, 5.41) is 18.0. The van der Waals surface area contributed by atoms with Gasteiger partial charge >= 0.3 is 0 Å². The molecule has 2 unspecified atom stereocenters. The molecule has 0 heterocycles. The number of aliphatic hydroxyl groups excluding tert-OH is 2. The molecule has 0 radical (unpaired) electrons. The average Bonchev–Trinajstić information content (AvgIpc) is 2.86. The first-order valence-corrected chi connectivity index (χ1v) is 10.1. The van der Waals surface area contributed by atoms with Crippen LogP contribution in [0.3, 0.4) is 0 Å². The van der Waals surface area contributed by atoms with Crippen LogP contribution in [0.15, 0.2) is 48.5 Å². The van der Waals surface area contributed by atoms with Crippen molar-refractivity contribution in [2.24, 2.45) is 11.7 Å². The van der Waals surface area contributed by atoms with Crippen molar-refractivity contribution in [1.82, 2.24) is 21.7 Å². The molecular weight excluding hydrogens is 460 g/mol. The minimum absolute atomic E-state index is 0.278. The van der Waals surface area contributed by atoms with E-state index in [2.05, 4.69) is 21.7 Å². The predicted molar refractivity (Wildman–Crippen MR) is 130 cm³/mol. The van der Waals surface area contributed by atoms with E-state index in [1.165, 1.54) is 6.92 Å². The Morgan fingerprint density at radius 2 is 1.09 bits per heavy atom. The van der Waals surface area contributed by atoms with Gasteiger partial charge in [-0.2, -0.15) is 0 Å². The summed E-state index contributed by atoms with van der Waals surface area (Å²) in [5.41, 5.74) is 16.5. The Morgan fingerprint density at radius 1 is 0.771 bits per heavy atom. The van der Waals surface area contributed by atoms with Gasteiger partial charge in [0, 0.05) is 6.92 Å². The van der Waals surface area contributed by atoms with Crippen molar-refractivity contribution < 1.29 is 29.4 Å². The summed E-state index contributed by atoms with van der Waals surface area (Å²) in [6.45, 7) is 4.32. The molecule has 14 nitrogen and oxygen atoms in total. The molecule has 0 saturated carbocycles. The van der Waals surface area contributed by atoms with Crippen molar-refractivity contribution in [1.29, 1.82) is 0 Å². The number of nitrogens with one attached hydrogen (secondary N) is 6. The third-order valence-electron chi connectivity index (χ3n) is 3.60. The molecule has 2 aromatic carbocycles. The number of carbonyl (C=O) groups excluding carboxylic acids is 4. The summed E-state index contributed by atoms with van der Waals surface area (Å²) in [4.78, 5) is 41.2. The summed E-state index contributed by atoms with van der Waals surface area (Å²) in [7, 11) is 0. The standard InChI is InChI=1S/2C9H14N4O2.C3H4O2/c2*1-6(14)12-13-8-5-3-2-4-7(8)9(15)11-10;1-3(5)2-4/h2*2-6,12-14H,10H2,1H3,(H,11,15);2H,1H3. The third-order valence-corrected chi connectivity index (χ3v) is 3.60. The van der Waals surface area contributed by atoms with Crippen LogP contribution in [-0.4, -0.2) is 46.6 Å². The number of aliphatic hydroxyl groups is 2. The molecule has 0 saturated heterocycles. The first-order chi connectivity index (χ1) is 16.6. The summed E-state index contributed by atoms with van der Waals surface area (Å²) < 4.78 is 0. The molecule has 0 aliphatic rings. The Hall–Kier alpha value is -3.92. The molecule has 0 aromatic heterocycles. The highest BCUT2D eigenvalue weighted by molar-refractivity contribution is 6.23. The van der Waals surface area contributed by atoms with Gasteiger partial charge in [0.15, 0.2) is 12.1 Å². The number of nitrogen functional groups attached to an aromatic ring is 2. The molecule has 0 spiro atoms. The zero-order valence-electron chi connectivity index (χ0n) is 19.5. The maximum Gasteiger partial charge on any atom is 0.267 e. The molecule has 0 aliphatic carbocycles. The minimum Gasteiger partial charge on any atom is -0.377 e. The molecule has 14 heteroatoms. The number of nitrogens with two attached hydrogens (primary N) is 2. The second kappa shape index (κ2) is 17.5. The normalized spacial score (nSPS) is 11.2. The summed E-state index contributed by atoms with van der Waals surface area (Å²) >= 11 is 0. The number of amides is 2. The van der Waals surface area contributed by atoms with Crippen LogP contribution >= 0.6 is 0 Å². The number of Topliss-reactive ketones (excluding diaryl/α,β-unsaturated/α-hetero) is 1. The Labute approximate surface area is 202 Å². The summed E-state index contributed by atoms with van der Waals surface area (Å²) in [6.07, 6.45) is -1.17. The number of hydrogen-bond donors (Lipinski definition) is 10. The van der Waals surface area contributed by atoms with E-state index in [0.29, 0.717) is 22.5 Å². The predicted octanol–water partition coefficient (Wildman–Crippen LogP) is -1.14. The molecule has 0 aliphatic heterocycles. The van der Waals surface area contributed by atoms with Gasteiger partial charge in [-0.05, 0) is 38.1 Å². The maximum atomic E-state index is 11.3. The number of carbonyl (C=O) groups is 4. The van der Waals surface area contributed by atoms with Crippen LogP contribution in [0, 0.1) is 0 Å². The molecule has 192 valence electrons. The highest BCUT2D eigenvalue weighted by atomic mass is 16.3. The van der Waals surface area contributed by atoms with E-state index in [1.54, 1.807) is 62.4 Å². The van der Waals surface area contributed by atoms with Crippen LogP contribution in [0.25, 0.3) is 0 Å². The number of aldehydes is 1. The largest absolute Gasteiger partial charge is 0.377 e. The van der Waals surface area contributed by atoms with Gasteiger partial charge in [0.05, 0.1) is 22.5 Å². The number of benzene rings is 2. The first kappa shape index (κ1) is 31.1. The fourth-order valence-electron chi connectivity index (χ4n) is 2.10. The first-order valence-electron chi connectivity index (χ1n) is 10.1. The minimum atomic E-state index is -0.723. The zero-order valence-corrected chi connectivity index (χ0v) is 19.5. The average molecular weight is 493 g/mol. The van der Waals surface area contributed by atoms with Crippen LogP contribution in [-0.2, 0) is 9.59 Å². The molecule has 35 heavy (non-hydrogen) atoms. The van der Waals surface area contributed by atoms with E-state index in [9.17, 15) is 14.4 Å². The monoisotopic (exact) mass is 492 g/mol. The SMILES string of the molecule is CC(=O)C=O.CC(O)NNc1ccccc1C(=O)NN.CC(O)NNc1ccccc1C(=O)NN. The summed E-state index contributed by atoms with van der Waals surface area (Å²) in [5.74, 6) is 8.84. The van der Waals surface area contributed by atoms with Crippen LogP contribution < -0.4 is 44.2 Å². The van der Waals surface area contributed by atoms with Crippen LogP contribution in [0.1, 0.15) is 41.5 Å². The van der Waals surface area contributed by atoms with Crippen LogP contribution in [0.4, 0.5) is 11.4 Å². The van der Waals surface area contributed by atoms with Crippen molar-refractivity contribution in [3.05, 3.63) is 59.7 Å². The molecule has 12 N–H and O–H groups in total. The lowest BCUT2D eigenvalue weighted by Crippen LogP contribution is -2.34. The highest BCUT2D eigenvalue weighted by Gasteiger charge is 2.09. The van der Waals surface area contributed by atoms with E-state index in [4.69, 9.17) is 26.7 Å². The Kier molecular flexibility index (Phi) is 15.6. The van der Waals surface area contributed by atoms with Gasteiger partial charge in [-0.25, -0.2) is 22.5 Å². The fraction of sp³-hybridized carbons (Fsp3) is 0.238. The third kappa shape index (κ3) is 13.4. The second-order valence-electron chi connectivity index (χ2n) is 6.66. The molecule has 2 amide bonds. The Morgan fingerprint density at radius 3 is 1.34 bits per heavy atom. The van der Waals surface area contributed by atoms with E-state index < -0.39 is 30.1 Å². The fourth-order valence-corrected chi connectivity index (χ4v) is 2.10. The molecule has 0 fully saturated rings. The number of hydrogen-bond acceptors (Lipinski definition) is 12. The number of rotatable bonds is 9. The number of para-hydroxylation sites is 2. The van der Waals surface area contributed by atoms with Crippen molar-refractivity contribution in [2.75, 3.05) is 10.9 Å². The van der Waals surface area contributed by atoms with Gasteiger partial charge in [0.25, 0.3) is 11.8 Å². The zero-order chi connectivity index (χ0) is 26.8. The Balaban J connectivity index is 0.000000555. The van der Waals surface area contributed by atoms with Crippen molar-refractivity contribution >= 4 is 35.3 Å². The van der Waals surface area contributed by atoms with Gasteiger partial charge in [-0.1, -0.05) is 24.3 Å². The summed E-state index contributed by atoms with van der Waals surface area (Å²) in [6, 6.07) is 13.6. The molecule has 0 bridgehead atoms. The quantitative estimate of drug-likeness (QED) is 0.0500. The molecule has 2 atom stereocenters. The van der Waals surface area contributed by atoms with E-state index in [1.807, 2.05) is 10.9 Å². The Bertz CT molecular complexity index is 887. The highest BCUT2D eigenvalue weighted by Crippen LogP contribution is 2.14. The lowest BCUT2D eigenvalue weighted by atomic mass is 10.2. The smallest absolute Gasteiger partial charge is 0.267 e. The maximum absolute atomic E-state index is 11.3. The van der Waals surface area contributed by atoms with E-state index >= 15 is 0 Å². The number of hydrazine groups is 4. The molecule has 2 rings (SSSR count). The van der Waals surface area contributed by atoms with Crippen molar-refractivity contribution in [3.8, 4) is 0 Å². The van der Waals surface area contributed by atoms with Crippen molar-refractivity contribution in [3.63, 3.8) is 0 Å². The van der Waals surface area contributed by atoms with Gasteiger partial charge in [0.2, 0.25) is 0 Å². The van der Waals surface area contributed by atoms with Gasteiger partial charge < -0.3 is 21.1 Å². The number of anilines is 2. The molecule has 2 aromatic rings. The van der Waals surface area contributed by atoms with Gasteiger partial charge in [-0.3, -0.25) is 30.0 Å². The van der Waals surface area contributed by atoms with E-state index in [0.717, 1.165) is 0 Å². The van der Waals surface area contributed by atoms with Crippen LogP contribution in [0.5, 0.6) is 0 Å². The van der Waals surface area contributed by atoms with E-state index in [-0.39, 0.29) is 6.29 Å². The van der Waals surface area contributed by atoms with Gasteiger partial charge in [0.1, 0.15) is 12.5 Å².